The third-order valence-corrected chi connectivity index (χ3v) is 17.0. The molecule has 10 rings (SSSR count). The minimum Gasteiger partial charge on any atom is -0.0622 e. The van der Waals surface area contributed by atoms with Crippen LogP contribution in [0.4, 0.5) is 0 Å². The second kappa shape index (κ2) is 22.8. The Labute approximate surface area is 410 Å². The molecular formula is C67H90. The van der Waals surface area contributed by atoms with Crippen molar-refractivity contribution < 1.29 is 0 Å². The Hall–Kier alpha value is -4.42. The van der Waals surface area contributed by atoms with E-state index in [0.717, 1.165) is 23.7 Å². The van der Waals surface area contributed by atoms with Gasteiger partial charge in [-0.2, -0.15) is 0 Å². The lowest BCUT2D eigenvalue weighted by Crippen LogP contribution is -2.14. The maximum absolute atomic E-state index is 2.41. The molecule has 0 aromatic heterocycles. The van der Waals surface area contributed by atoms with Crippen molar-refractivity contribution in [3.05, 3.63) is 184 Å². The van der Waals surface area contributed by atoms with E-state index < -0.39 is 0 Å². The molecule has 0 bridgehead atoms. The lowest BCUT2D eigenvalue weighted by Gasteiger charge is -2.25. The van der Waals surface area contributed by atoms with Crippen LogP contribution in [0, 0.1) is 114 Å². The van der Waals surface area contributed by atoms with E-state index in [-0.39, 0.29) is 0 Å². The second-order valence-corrected chi connectivity index (χ2v) is 22.6. The molecule has 4 aliphatic rings. The zero-order chi connectivity index (χ0) is 48.9. The van der Waals surface area contributed by atoms with E-state index >= 15 is 0 Å². The summed E-state index contributed by atoms with van der Waals surface area (Å²) in [5.74, 6) is 3.53. The van der Waals surface area contributed by atoms with Crippen LogP contribution in [0.3, 0.4) is 0 Å². The van der Waals surface area contributed by atoms with Gasteiger partial charge in [-0.25, -0.2) is 0 Å². The molecular weight excluding hydrogens is 805 g/mol. The number of fused-ring (bicyclic) bond motifs is 5. The monoisotopic (exact) mass is 895 g/mol. The minimum atomic E-state index is 0.878. The first-order valence-corrected chi connectivity index (χ1v) is 26.5. The van der Waals surface area contributed by atoms with Gasteiger partial charge in [0.15, 0.2) is 0 Å². The SMILES string of the molecule is Cc1cc2c(c(C)c1C)CC(C)CC2.Cc1cc2c(c(C)c1C)CC(C)CC2.Cc1cc2ccc(C)c(C)c2c(C)c1C.Cc1ccc2c(c1)CCC(C)C2.Cc1ccc2c(c1)CCC(C)C2. The highest BCUT2D eigenvalue weighted by Crippen LogP contribution is 2.33. The smallest absolute Gasteiger partial charge is 0.0120 e. The largest absolute Gasteiger partial charge is 0.0622 e. The summed E-state index contributed by atoms with van der Waals surface area (Å²) in [7, 11) is 0. The number of hydrogen-bond donors (Lipinski definition) is 0. The quantitative estimate of drug-likeness (QED) is 0.143. The Kier molecular flexibility index (Phi) is 17.7. The maximum Gasteiger partial charge on any atom is -0.0120 e. The fourth-order valence-corrected chi connectivity index (χ4v) is 11.6. The minimum absolute atomic E-state index is 0.878. The van der Waals surface area contributed by atoms with Crippen LogP contribution in [0.15, 0.2) is 66.7 Å². The molecule has 0 aliphatic heterocycles. The Balaban J connectivity index is 0.000000138. The van der Waals surface area contributed by atoms with Crippen LogP contribution in [0.2, 0.25) is 0 Å². The molecule has 0 heterocycles. The molecule has 0 saturated heterocycles. The topological polar surface area (TPSA) is 0 Å². The van der Waals surface area contributed by atoms with Gasteiger partial charge in [-0.1, -0.05) is 106 Å². The average Bonchev–Trinajstić information content (AvgIpc) is 3.29. The predicted molar refractivity (Wildman–Crippen MR) is 296 cm³/mol. The van der Waals surface area contributed by atoms with Crippen LogP contribution in [0.5, 0.6) is 0 Å². The third-order valence-electron chi connectivity index (χ3n) is 17.0. The van der Waals surface area contributed by atoms with Crippen molar-refractivity contribution in [1.29, 1.82) is 0 Å². The molecule has 358 valence electrons. The Bertz CT molecular complexity index is 2540. The first-order chi connectivity index (χ1) is 31.7. The van der Waals surface area contributed by atoms with E-state index in [2.05, 4.69) is 184 Å². The maximum atomic E-state index is 2.41. The van der Waals surface area contributed by atoms with E-state index in [1.807, 2.05) is 0 Å². The molecule has 0 heteroatoms. The van der Waals surface area contributed by atoms with E-state index in [4.69, 9.17) is 0 Å². The van der Waals surface area contributed by atoms with Crippen LogP contribution < -0.4 is 0 Å². The summed E-state index contributed by atoms with van der Waals surface area (Å²) in [5.41, 5.74) is 31.8. The predicted octanol–water partition coefficient (Wildman–Crippen LogP) is 18.1. The molecule has 6 aromatic rings. The van der Waals surface area contributed by atoms with E-state index in [1.165, 1.54) is 149 Å². The van der Waals surface area contributed by atoms with Crippen molar-refractivity contribution in [1.82, 2.24) is 0 Å². The molecule has 0 amide bonds. The number of benzene rings is 6. The van der Waals surface area contributed by atoms with Gasteiger partial charge in [0, 0.05) is 0 Å². The van der Waals surface area contributed by atoms with Gasteiger partial charge in [-0.15, -0.1) is 0 Å². The molecule has 6 aromatic carbocycles. The van der Waals surface area contributed by atoms with Gasteiger partial charge < -0.3 is 0 Å². The Morgan fingerprint density at radius 3 is 1.10 bits per heavy atom. The number of aryl methyl sites for hydroxylation is 12. The van der Waals surface area contributed by atoms with Crippen molar-refractivity contribution in [3.63, 3.8) is 0 Å². The zero-order valence-corrected chi connectivity index (χ0v) is 45.6. The van der Waals surface area contributed by atoms with E-state index in [9.17, 15) is 0 Å². The molecule has 4 unspecified atom stereocenters. The summed E-state index contributed by atoms with van der Waals surface area (Å²) in [6.07, 6.45) is 15.8. The summed E-state index contributed by atoms with van der Waals surface area (Å²) >= 11 is 0. The van der Waals surface area contributed by atoms with Crippen molar-refractivity contribution in [3.8, 4) is 0 Å². The van der Waals surface area contributed by atoms with Crippen LogP contribution in [-0.4, -0.2) is 0 Å². The van der Waals surface area contributed by atoms with Crippen LogP contribution in [-0.2, 0) is 51.4 Å². The second-order valence-electron chi connectivity index (χ2n) is 22.6. The van der Waals surface area contributed by atoms with Crippen molar-refractivity contribution in [2.75, 3.05) is 0 Å². The lowest BCUT2D eigenvalue weighted by atomic mass is 9.80. The molecule has 4 atom stereocenters. The van der Waals surface area contributed by atoms with Crippen LogP contribution in [0.25, 0.3) is 10.8 Å². The van der Waals surface area contributed by atoms with Gasteiger partial charge in [0.2, 0.25) is 0 Å². The highest BCUT2D eigenvalue weighted by Gasteiger charge is 2.20. The first kappa shape index (κ1) is 52.0. The van der Waals surface area contributed by atoms with Gasteiger partial charge in [0.05, 0.1) is 0 Å². The summed E-state index contributed by atoms with van der Waals surface area (Å²) in [6, 6.07) is 25.3. The van der Waals surface area contributed by atoms with E-state index in [1.54, 1.807) is 55.6 Å². The molecule has 0 nitrogen and oxygen atoms in total. The third kappa shape index (κ3) is 12.8. The fraction of sp³-hybridized carbons (Fsp3) is 0.493. The average molecular weight is 895 g/mol. The van der Waals surface area contributed by atoms with Gasteiger partial charge in [-0.05, 0) is 307 Å². The Morgan fingerprint density at radius 1 is 0.299 bits per heavy atom. The molecule has 0 radical (unpaired) electrons. The lowest BCUT2D eigenvalue weighted by molar-refractivity contribution is 0.499. The molecule has 0 fully saturated rings. The van der Waals surface area contributed by atoms with E-state index in [0.29, 0.717) is 0 Å². The van der Waals surface area contributed by atoms with Crippen molar-refractivity contribution >= 4 is 10.8 Å². The summed E-state index contributed by atoms with van der Waals surface area (Å²) in [5, 5.41) is 2.82. The van der Waals surface area contributed by atoms with Crippen LogP contribution >= 0.6 is 0 Å². The molecule has 67 heavy (non-hydrogen) atoms. The molecule has 0 N–H and O–H groups in total. The number of hydrogen-bond acceptors (Lipinski definition) is 0. The van der Waals surface area contributed by atoms with Crippen molar-refractivity contribution in [2.24, 2.45) is 23.7 Å². The highest BCUT2D eigenvalue weighted by molar-refractivity contribution is 5.91. The first-order valence-electron chi connectivity index (χ1n) is 26.5. The molecule has 0 saturated carbocycles. The Morgan fingerprint density at radius 2 is 0.672 bits per heavy atom. The standard InChI is InChI=1S/C15H18.2C14H20.2C12H16/c1-9-6-7-14-8-10(2)11(3)13(5)15(14)12(9)4;2*1-9-5-6-13-8-10(2)11(3)12(4)14(13)7-9;2*1-9-3-5-12-8-10(2)4-6-11(12)7-9/h6-8H,1-5H3;2*8-9H,5-7H2,1-4H3;2*3,5,7,10H,4,6,8H2,1-2H3. The van der Waals surface area contributed by atoms with Gasteiger partial charge in [0.1, 0.15) is 0 Å². The fourth-order valence-electron chi connectivity index (χ4n) is 11.6. The molecule has 4 aliphatic carbocycles. The normalized spacial score (nSPS) is 19.0. The van der Waals surface area contributed by atoms with Gasteiger partial charge >= 0.3 is 0 Å². The summed E-state index contributed by atoms with van der Waals surface area (Å²) in [6.45, 7) is 38.4. The van der Waals surface area contributed by atoms with Crippen LogP contribution in [0.1, 0.15) is 170 Å². The zero-order valence-electron chi connectivity index (χ0n) is 45.6. The number of rotatable bonds is 0. The molecule has 0 spiro atoms. The van der Waals surface area contributed by atoms with Crippen molar-refractivity contribution in [2.45, 2.75) is 195 Å². The highest BCUT2D eigenvalue weighted by atomic mass is 14.3. The van der Waals surface area contributed by atoms with Gasteiger partial charge in [0.25, 0.3) is 0 Å². The summed E-state index contributed by atoms with van der Waals surface area (Å²) < 4.78 is 0. The summed E-state index contributed by atoms with van der Waals surface area (Å²) in [4.78, 5) is 0. The van der Waals surface area contributed by atoms with Gasteiger partial charge in [-0.3, -0.25) is 0 Å².